The van der Waals surface area contributed by atoms with E-state index in [2.05, 4.69) is 30.5 Å². The molecule has 4 nitrogen and oxygen atoms in total. The maximum atomic E-state index is 5.76. The molecule has 1 fully saturated rings. The molecule has 1 unspecified atom stereocenters. The highest BCUT2D eigenvalue weighted by molar-refractivity contribution is 6.08. The molecule has 0 aromatic carbocycles. The lowest BCUT2D eigenvalue weighted by atomic mass is 9.69. The van der Waals surface area contributed by atoms with Crippen LogP contribution in [0.5, 0.6) is 0 Å². The van der Waals surface area contributed by atoms with Crippen molar-refractivity contribution in [2.75, 3.05) is 14.1 Å². The SMILES string of the molecule is CC1=CC(C)=C2C(=NNC(N)=[N+](C)C)CC2C1. The normalized spacial score (nSPS) is 25.1. The Morgan fingerprint density at radius 1 is 1.41 bits per heavy atom. The second-order valence-electron chi connectivity index (χ2n) is 5.14. The molecular weight excluding hydrogens is 212 g/mol. The summed E-state index contributed by atoms with van der Waals surface area (Å²) < 4.78 is 1.81. The Balaban J connectivity index is 2.15. The molecule has 0 heterocycles. The fraction of sp³-hybridized carbons (Fsp3) is 0.538. The number of nitrogens with zero attached hydrogens (tertiary/aromatic N) is 2. The Morgan fingerprint density at radius 3 is 2.71 bits per heavy atom. The summed E-state index contributed by atoms with van der Waals surface area (Å²) in [7, 11) is 3.78. The van der Waals surface area contributed by atoms with E-state index in [4.69, 9.17) is 5.73 Å². The molecule has 1 atom stereocenters. The summed E-state index contributed by atoms with van der Waals surface area (Å²) in [6, 6.07) is 0. The lowest BCUT2D eigenvalue weighted by Gasteiger charge is -2.35. The first-order valence-electron chi connectivity index (χ1n) is 5.99. The van der Waals surface area contributed by atoms with Gasteiger partial charge in [-0.05, 0) is 37.3 Å². The predicted molar refractivity (Wildman–Crippen MR) is 71.1 cm³/mol. The number of guanidine groups is 1. The Labute approximate surface area is 103 Å². The second-order valence-corrected chi connectivity index (χ2v) is 5.14. The monoisotopic (exact) mass is 233 g/mol. The van der Waals surface area contributed by atoms with Gasteiger partial charge < -0.3 is 0 Å². The lowest BCUT2D eigenvalue weighted by molar-refractivity contribution is -0.467. The maximum absolute atomic E-state index is 5.76. The molecule has 2 aliphatic rings. The van der Waals surface area contributed by atoms with E-state index in [1.807, 2.05) is 18.7 Å². The van der Waals surface area contributed by atoms with Crippen molar-refractivity contribution < 1.29 is 4.58 Å². The van der Waals surface area contributed by atoms with Crippen molar-refractivity contribution in [2.24, 2.45) is 16.8 Å². The highest BCUT2D eigenvalue weighted by Crippen LogP contribution is 2.41. The topological polar surface area (TPSA) is 53.4 Å². The third kappa shape index (κ3) is 2.25. The van der Waals surface area contributed by atoms with E-state index in [0.717, 1.165) is 12.1 Å². The van der Waals surface area contributed by atoms with Crippen LogP contribution in [0.15, 0.2) is 27.9 Å². The number of allylic oxidation sites excluding steroid dienone is 4. The van der Waals surface area contributed by atoms with Crippen molar-refractivity contribution in [1.82, 2.24) is 5.43 Å². The van der Waals surface area contributed by atoms with Crippen LogP contribution in [0, 0.1) is 5.92 Å². The zero-order valence-electron chi connectivity index (χ0n) is 11.0. The molecule has 0 bridgehead atoms. The van der Waals surface area contributed by atoms with Crippen LogP contribution in [0.1, 0.15) is 26.7 Å². The van der Waals surface area contributed by atoms with Crippen molar-refractivity contribution in [3.63, 3.8) is 0 Å². The molecule has 4 heteroatoms. The van der Waals surface area contributed by atoms with Gasteiger partial charge in [-0.25, -0.2) is 0 Å². The van der Waals surface area contributed by atoms with Gasteiger partial charge in [-0.1, -0.05) is 11.6 Å². The summed E-state index contributed by atoms with van der Waals surface area (Å²) in [6.07, 6.45) is 4.50. The van der Waals surface area contributed by atoms with Gasteiger partial charge >= 0.3 is 5.96 Å². The highest BCUT2D eigenvalue weighted by atomic mass is 15.4. The molecule has 0 aliphatic heterocycles. The van der Waals surface area contributed by atoms with Crippen LogP contribution in [-0.4, -0.2) is 30.3 Å². The van der Waals surface area contributed by atoms with Crippen LogP contribution < -0.4 is 11.2 Å². The van der Waals surface area contributed by atoms with Gasteiger partial charge in [-0.15, -0.1) is 5.10 Å². The predicted octanol–water partition coefficient (Wildman–Crippen LogP) is 1.21. The maximum Gasteiger partial charge on any atom is 0.366 e. The van der Waals surface area contributed by atoms with E-state index in [0.29, 0.717) is 11.9 Å². The number of fused-ring (bicyclic) bond motifs is 1. The van der Waals surface area contributed by atoms with Gasteiger partial charge in [0.25, 0.3) is 0 Å². The first-order chi connectivity index (χ1) is 7.99. The van der Waals surface area contributed by atoms with Crippen molar-refractivity contribution >= 4 is 11.7 Å². The molecule has 2 rings (SSSR count). The smallest absolute Gasteiger partial charge is 0.289 e. The largest absolute Gasteiger partial charge is 0.366 e. The summed E-state index contributed by atoms with van der Waals surface area (Å²) in [6.45, 7) is 4.37. The van der Waals surface area contributed by atoms with Crippen LogP contribution in [0.25, 0.3) is 0 Å². The summed E-state index contributed by atoms with van der Waals surface area (Å²) in [5.41, 5.74) is 14.1. The minimum atomic E-state index is 0.571. The summed E-state index contributed by atoms with van der Waals surface area (Å²) in [5.74, 6) is 1.25. The summed E-state index contributed by atoms with van der Waals surface area (Å²) in [4.78, 5) is 0. The molecule has 92 valence electrons. The summed E-state index contributed by atoms with van der Waals surface area (Å²) in [5, 5.41) is 4.39. The Kier molecular flexibility index (Phi) is 3.05. The minimum Gasteiger partial charge on any atom is -0.289 e. The van der Waals surface area contributed by atoms with Gasteiger partial charge in [0.2, 0.25) is 0 Å². The van der Waals surface area contributed by atoms with Gasteiger partial charge in [-0.3, -0.25) is 10.3 Å². The zero-order chi connectivity index (χ0) is 12.6. The minimum absolute atomic E-state index is 0.571. The van der Waals surface area contributed by atoms with Crippen LogP contribution in [0.2, 0.25) is 0 Å². The number of hydrogen-bond donors (Lipinski definition) is 2. The molecule has 3 N–H and O–H groups in total. The standard InChI is InChI=1S/C13H20N4/c1-8-5-9(2)12-10(6-8)7-11(12)15-16-13(14)17(3)4/h5,10H,6-7H2,1-4H3,(H2,14,16)/p+1. The number of hydrazone groups is 1. The number of rotatable bonds is 1. The van der Waals surface area contributed by atoms with E-state index in [1.165, 1.54) is 23.1 Å². The van der Waals surface area contributed by atoms with E-state index < -0.39 is 0 Å². The third-order valence-electron chi connectivity index (χ3n) is 3.40. The Bertz CT molecular complexity index is 462. The number of nitrogens with one attached hydrogen (secondary N) is 1. The second kappa shape index (κ2) is 4.35. The molecule has 0 saturated heterocycles. The van der Waals surface area contributed by atoms with Crippen LogP contribution in [0.3, 0.4) is 0 Å². The zero-order valence-corrected chi connectivity index (χ0v) is 11.0. The Hall–Kier alpha value is -1.58. The average molecular weight is 233 g/mol. The fourth-order valence-electron chi connectivity index (χ4n) is 2.50. The lowest BCUT2D eigenvalue weighted by Crippen LogP contribution is -2.38. The fourth-order valence-corrected chi connectivity index (χ4v) is 2.50. The van der Waals surface area contributed by atoms with Gasteiger partial charge in [0, 0.05) is 6.42 Å². The van der Waals surface area contributed by atoms with Gasteiger partial charge in [0.05, 0.1) is 19.8 Å². The van der Waals surface area contributed by atoms with Gasteiger partial charge in [0.15, 0.2) is 0 Å². The Morgan fingerprint density at radius 2 is 2.12 bits per heavy atom. The highest BCUT2D eigenvalue weighted by Gasteiger charge is 2.35. The third-order valence-corrected chi connectivity index (χ3v) is 3.40. The summed E-state index contributed by atoms with van der Waals surface area (Å²) >= 11 is 0. The average Bonchev–Trinajstić information content (AvgIpc) is 2.19. The number of hydrogen-bond acceptors (Lipinski definition) is 1. The van der Waals surface area contributed by atoms with E-state index in [1.54, 1.807) is 0 Å². The molecule has 17 heavy (non-hydrogen) atoms. The molecule has 0 spiro atoms. The van der Waals surface area contributed by atoms with E-state index in [9.17, 15) is 0 Å². The van der Waals surface area contributed by atoms with Crippen molar-refractivity contribution in [3.8, 4) is 0 Å². The molecule has 0 amide bonds. The molecule has 2 aliphatic carbocycles. The molecule has 0 radical (unpaired) electrons. The van der Waals surface area contributed by atoms with Crippen molar-refractivity contribution in [1.29, 1.82) is 0 Å². The number of nitrogens with two attached hydrogens (primary N) is 1. The van der Waals surface area contributed by atoms with Crippen molar-refractivity contribution in [2.45, 2.75) is 26.7 Å². The van der Waals surface area contributed by atoms with E-state index in [-0.39, 0.29) is 0 Å². The van der Waals surface area contributed by atoms with Gasteiger partial charge in [0.1, 0.15) is 0 Å². The van der Waals surface area contributed by atoms with Crippen LogP contribution >= 0.6 is 0 Å². The quantitative estimate of drug-likeness (QED) is 0.309. The molecule has 0 aromatic rings. The van der Waals surface area contributed by atoms with Crippen LogP contribution in [0.4, 0.5) is 0 Å². The van der Waals surface area contributed by atoms with Crippen molar-refractivity contribution in [3.05, 3.63) is 22.8 Å². The molecule has 1 saturated carbocycles. The first-order valence-corrected chi connectivity index (χ1v) is 5.99. The van der Waals surface area contributed by atoms with Crippen LogP contribution in [-0.2, 0) is 0 Å². The first kappa shape index (κ1) is 11.9. The van der Waals surface area contributed by atoms with Gasteiger partial charge in [-0.2, -0.15) is 5.43 Å². The molecular formula is C13H21N4+. The molecule has 0 aromatic heterocycles. The van der Waals surface area contributed by atoms with E-state index >= 15 is 0 Å².